The summed E-state index contributed by atoms with van der Waals surface area (Å²) in [4.78, 5) is 7.96. The molecule has 0 spiro atoms. The monoisotopic (exact) mass is 268 g/mol. The van der Waals surface area contributed by atoms with E-state index in [1.165, 1.54) is 0 Å². The lowest BCUT2D eigenvalue weighted by molar-refractivity contribution is 0.457. The molecule has 0 amide bonds. The van der Waals surface area contributed by atoms with Crippen molar-refractivity contribution in [1.82, 2.24) is 9.97 Å². The normalized spacial score (nSPS) is 10.4. The van der Waals surface area contributed by atoms with Crippen LogP contribution in [0.3, 0.4) is 0 Å². The number of rotatable bonds is 2. The summed E-state index contributed by atoms with van der Waals surface area (Å²) in [7, 11) is 0. The summed E-state index contributed by atoms with van der Waals surface area (Å²) < 4.78 is 5.63. The molecule has 0 radical (unpaired) electrons. The average molecular weight is 269 g/mol. The smallest absolute Gasteiger partial charge is 0.225 e. The molecule has 0 saturated heterocycles. The number of hydrogen-bond donors (Lipinski definition) is 0. The molecular weight excluding hydrogens is 259 g/mol. The van der Waals surface area contributed by atoms with Gasteiger partial charge in [-0.05, 0) is 49.2 Å². The quantitative estimate of drug-likeness (QED) is 0.766. The second-order valence-corrected chi connectivity index (χ2v) is 4.40. The number of ether oxygens (including phenoxy) is 1. The van der Waals surface area contributed by atoms with E-state index >= 15 is 0 Å². The highest BCUT2D eigenvalue weighted by atomic mass is 35.5. The van der Waals surface area contributed by atoms with Crippen molar-refractivity contribution in [2.24, 2.45) is 0 Å². The summed E-state index contributed by atoms with van der Waals surface area (Å²) >= 11 is 11.6. The van der Waals surface area contributed by atoms with Crippen LogP contribution in [0.25, 0.3) is 0 Å². The molecular formula is C12H10Cl2N2O. The molecule has 1 aromatic carbocycles. The SMILES string of the molecule is Cc1cc(Oc2ccc(Cl)cc2C)nc(Cl)n1. The predicted molar refractivity (Wildman–Crippen MR) is 68.0 cm³/mol. The van der Waals surface area contributed by atoms with Crippen molar-refractivity contribution in [3.8, 4) is 11.6 Å². The van der Waals surface area contributed by atoms with Gasteiger partial charge in [-0.3, -0.25) is 0 Å². The molecule has 88 valence electrons. The van der Waals surface area contributed by atoms with Gasteiger partial charge in [-0.25, -0.2) is 4.98 Å². The predicted octanol–water partition coefficient (Wildman–Crippen LogP) is 4.19. The van der Waals surface area contributed by atoms with Gasteiger partial charge in [-0.1, -0.05) is 11.6 Å². The van der Waals surface area contributed by atoms with Gasteiger partial charge in [0.1, 0.15) is 5.75 Å². The minimum absolute atomic E-state index is 0.173. The fourth-order valence-corrected chi connectivity index (χ4v) is 1.84. The van der Waals surface area contributed by atoms with Crippen LogP contribution in [-0.2, 0) is 0 Å². The standard InChI is InChI=1S/C12H10Cl2N2O/c1-7-5-9(13)3-4-10(7)17-11-6-8(2)15-12(14)16-11/h3-6H,1-2H3. The highest BCUT2D eigenvalue weighted by Gasteiger charge is 2.05. The van der Waals surface area contributed by atoms with E-state index in [1.54, 1.807) is 18.2 Å². The molecule has 0 aliphatic carbocycles. The Balaban J connectivity index is 2.31. The zero-order valence-corrected chi connectivity index (χ0v) is 10.9. The lowest BCUT2D eigenvalue weighted by Crippen LogP contribution is -1.93. The molecule has 1 aromatic heterocycles. The van der Waals surface area contributed by atoms with E-state index in [-0.39, 0.29) is 5.28 Å². The third-order valence-corrected chi connectivity index (χ3v) is 2.56. The van der Waals surface area contributed by atoms with Crippen molar-refractivity contribution in [1.29, 1.82) is 0 Å². The van der Waals surface area contributed by atoms with E-state index in [2.05, 4.69) is 9.97 Å². The van der Waals surface area contributed by atoms with Crippen molar-refractivity contribution in [3.63, 3.8) is 0 Å². The first-order valence-corrected chi connectivity index (χ1v) is 5.75. The summed E-state index contributed by atoms with van der Waals surface area (Å²) in [5.41, 5.74) is 1.69. The Kier molecular flexibility index (Phi) is 3.50. The molecule has 2 rings (SSSR count). The van der Waals surface area contributed by atoms with Crippen LogP contribution < -0.4 is 4.74 Å². The molecule has 1 heterocycles. The number of benzene rings is 1. The third kappa shape index (κ3) is 3.08. The van der Waals surface area contributed by atoms with Crippen molar-refractivity contribution in [2.45, 2.75) is 13.8 Å². The Morgan fingerprint density at radius 2 is 1.82 bits per heavy atom. The molecule has 0 bridgehead atoms. The van der Waals surface area contributed by atoms with Gasteiger partial charge < -0.3 is 4.74 Å². The number of nitrogens with zero attached hydrogens (tertiary/aromatic N) is 2. The minimum Gasteiger partial charge on any atom is -0.439 e. The maximum Gasteiger partial charge on any atom is 0.225 e. The molecule has 0 saturated carbocycles. The van der Waals surface area contributed by atoms with E-state index < -0.39 is 0 Å². The topological polar surface area (TPSA) is 35.0 Å². The first-order chi connectivity index (χ1) is 8.04. The first kappa shape index (κ1) is 12.1. The van der Waals surface area contributed by atoms with Crippen LogP contribution in [0.15, 0.2) is 24.3 Å². The summed E-state index contributed by atoms with van der Waals surface area (Å²) in [6.45, 7) is 3.74. The number of halogens is 2. The highest BCUT2D eigenvalue weighted by molar-refractivity contribution is 6.30. The van der Waals surface area contributed by atoms with Crippen molar-refractivity contribution >= 4 is 23.2 Å². The van der Waals surface area contributed by atoms with Crippen molar-refractivity contribution in [3.05, 3.63) is 45.8 Å². The summed E-state index contributed by atoms with van der Waals surface area (Å²) in [6, 6.07) is 7.11. The number of aryl methyl sites for hydroxylation is 2. The molecule has 0 atom stereocenters. The van der Waals surface area contributed by atoms with E-state index in [9.17, 15) is 0 Å². The van der Waals surface area contributed by atoms with Crippen LogP contribution in [0.4, 0.5) is 0 Å². The summed E-state index contributed by atoms with van der Waals surface area (Å²) in [6.07, 6.45) is 0. The van der Waals surface area contributed by atoms with Gasteiger partial charge in [-0.2, -0.15) is 4.98 Å². The van der Waals surface area contributed by atoms with E-state index in [0.717, 1.165) is 11.3 Å². The van der Waals surface area contributed by atoms with E-state index in [0.29, 0.717) is 16.7 Å². The van der Waals surface area contributed by atoms with Crippen LogP contribution in [0.2, 0.25) is 10.3 Å². The molecule has 2 aromatic rings. The van der Waals surface area contributed by atoms with Crippen LogP contribution in [0.5, 0.6) is 11.6 Å². The lowest BCUT2D eigenvalue weighted by Gasteiger charge is -2.08. The van der Waals surface area contributed by atoms with E-state index in [1.807, 2.05) is 19.9 Å². The molecule has 0 unspecified atom stereocenters. The van der Waals surface area contributed by atoms with Crippen molar-refractivity contribution in [2.75, 3.05) is 0 Å². The van der Waals surface area contributed by atoms with Crippen LogP contribution >= 0.6 is 23.2 Å². The van der Waals surface area contributed by atoms with Crippen molar-refractivity contribution < 1.29 is 4.74 Å². The third-order valence-electron chi connectivity index (χ3n) is 2.15. The Hall–Kier alpha value is -1.32. The summed E-state index contributed by atoms with van der Waals surface area (Å²) in [5, 5.41) is 0.846. The maximum absolute atomic E-state index is 5.87. The maximum atomic E-state index is 5.87. The van der Waals surface area contributed by atoms with Crippen LogP contribution in [-0.4, -0.2) is 9.97 Å². The molecule has 0 fully saturated rings. The lowest BCUT2D eigenvalue weighted by atomic mass is 10.2. The Morgan fingerprint density at radius 3 is 2.47 bits per heavy atom. The second-order valence-electron chi connectivity index (χ2n) is 3.63. The Bertz CT molecular complexity index is 538. The first-order valence-electron chi connectivity index (χ1n) is 5.00. The highest BCUT2D eigenvalue weighted by Crippen LogP contribution is 2.26. The Labute approximate surface area is 109 Å². The van der Waals surface area contributed by atoms with Gasteiger partial charge in [-0.15, -0.1) is 0 Å². The van der Waals surface area contributed by atoms with Gasteiger partial charge >= 0.3 is 0 Å². The minimum atomic E-state index is 0.173. The molecule has 0 N–H and O–H groups in total. The van der Waals surface area contributed by atoms with Crippen LogP contribution in [0, 0.1) is 13.8 Å². The zero-order chi connectivity index (χ0) is 12.4. The largest absolute Gasteiger partial charge is 0.439 e. The Morgan fingerprint density at radius 1 is 1.06 bits per heavy atom. The van der Waals surface area contributed by atoms with Gasteiger partial charge in [0.25, 0.3) is 0 Å². The second kappa shape index (κ2) is 4.90. The molecule has 17 heavy (non-hydrogen) atoms. The van der Waals surface area contributed by atoms with Gasteiger partial charge in [0.2, 0.25) is 11.2 Å². The average Bonchev–Trinajstić information content (AvgIpc) is 2.21. The van der Waals surface area contributed by atoms with Gasteiger partial charge in [0, 0.05) is 16.8 Å². The number of hydrogen-bond acceptors (Lipinski definition) is 3. The summed E-state index contributed by atoms with van der Waals surface area (Å²) in [5.74, 6) is 1.12. The van der Waals surface area contributed by atoms with Gasteiger partial charge in [0.05, 0.1) is 0 Å². The molecule has 0 aliphatic rings. The van der Waals surface area contributed by atoms with E-state index in [4.69, 9.17) is 27.9 Å². The zero-order valence-electron chi connectivity index (χ0n) is 9.37. The number of aromatic nitrogens is 2. The fourth-order valence-electron chi connectivity index (χ4n) is 1.40. The fraction of sp³-hybridized carbons (Fsp3) is 0.167. The molecule has 0 aliphatic heterocycles. The van der Waals surface area contributed by atoms with Gasteiger partial charge in [0.15, 0.2) is 0 Å². The molecule has 3 nitrogen and oxygen atoms in total. The molecule has 5 heteroatoms. The van der Waals surface area contributed by atoms with Crippen LogP contribution in [0.1, 0.15) is 11.3 Å².